The summed E-state index contributed by atoms with van der Waals surface area (Å²) in [5, 5.41) is 9.18. The van der Waals surface area contributed by atoms with Crippen molar-refractivity contribution in [1.82, 2.24) is 9.64 Å². The van der Waals surface area contributed by atoms with Gasteiger partial charge in [-0.1, -0.05) is 0 Å². The number of likely N-dealkylation sites (N-methyl/N-ethyl adjacent to an activating group) is 1. The molecule has 0 unspecified atom stereocenters. The van der Waals surface area contributed by atoms with Crippen molar-refractivity contribution in [1.29, 1.82) is 0 Å². The fourth-order valence-corrected chi connectivity index (χ4v) is 2.27. The Morgan fingerprint density at radius 3 is 2.78 bits per heavy atom. The molecule has 18 heavy (non-hydrogen) atoms. The Hall–Kier alpha value is -1.40. The summed E-state index contributed by atoms with van der Waals surface area (Å²) in [5.74, 6) is 0.501. The molecule has 0 saturated heterocycles. The second-order valence-electron chi connectivity index (χ2n) is 5.06. The fraction of sp³-hybridized carbons (Fsp3) is 0.667. The van der Waals surface area contributed by atoms with Gasteiger partial charge >= 0.3 is 0 Å². The smallest absolute Gasteiger partial charge is 0.290 e. The number of nitrogens with zero attached hydrogens (tertiary/aromatic N) is 2. The van der Waals surface area contributed by atoms with Gasteiger partial charge in [0.1, 0.15) is 5.76 Å². The molecule has 0 atom stereocenters. The van der Waals surface area contributed by atoms with Crippen LogP contribution < -0.4 is 5.56 Å². The molecule has 1 aromatic rings. The molecule has 1 aromatic heterocycles. The molecule has 1 heterocycles. The lowest BCUT2D eigenvalue weighted by Crippen LogP contribution is -2.40. The van der Waals surface area contributed by atoms with Crippen LogP contribution in [-0.2, 0) is 0 Å². The van der Waals surface area contributed by atoms with Crippen molar-refractivity contribution in [2.45, 2.75) is 25.9 Å². The molecule has 6 heteroatoms. The van der Waals surface area contributed by atoms with E-state index in [2.05, 4.69) is 0 Å². The van der Waals surface area contributed by atoms with Crippen LogP contribution in [0.3, 0.4) is 0 Å². The van der Waals surface area contributed by atoms with E-state index in [1.165, 1.54) is 6.07 Å². The Balaban J connectivity index is 1.87. The molecule has 1 fully saturated rings. The molecule has 0 aromatic carbocycles. The zero-order valence-corrected chi connectivity index (χ0v) is 10.6. The Morgan fingerprint density at radius 2 is 2.28 bits per heavy atom. The highest BCUT2D eigenvalue weighted by Crippen LogP contribution is 2.27. The molecular formula is C12H18N2O4. The van der Waals surface area contributed by atoms with E-state index in [1.807, 2.05) is 11.9 Å². The van der Waals surface area contributed by atoms with Gasteiger partial charge in [0.25, 0.3) is 11.5 Å². The number of hydrogen-bond acceptors (Lipinski definition) is 5. The van der Waals surface area contributed by atoms with E-state index in [9.17, 15) is 14.7 Å². The number of carbonyl (C=O) groups is 1. The van der Waals surface area contributed by atoms with Crippen LogP contribution in [0.2, 0.25) is 0 Å². The third-order valence-corrected chi connectivity index (χ3v) is 3.17. The average Bonchev–Trinajstić information content (AvgIpc) is 2.55. The molecule has 2 rings (SSSR count). The van der Waals surface area contributed by atoms with Crippen molar-refractivity contribution in [3.8, 4) is 0 Å². The van der Waals surface area contributed by atoms with Crippen LogP contribution in [0.5, 0.6) is 0 Å². The van der Waals surface area contributed by atoms with Crippen molar-refractivity contribution in [3.05, 3.63) is 22.2 Å². The van der Waals surface area contributed by atoms with E-state index < -0.39 is 5.56 Å². The van der Waals surface area contributed by atoms with Gasteiger partial charge < -0.3 is 9.63 Å². The van der Waals surface area contributed by atoms with Gasteiger partial charge in [0.2, 0.25) is 0 Å². The summed E-state index contributed by atoms with van der Waals surface area (Å²) in [6, 6.07) is 1.29. The Bertz CT molecular complexity index is 485. The monoisotopic (exact) mass is 254 g/mol. The molecular weight excluding hydrogens is 236 g/mol. The Kier molecular flexibility index (Phi) is 3.68. The molecule has 6 nitrogen and oxygen atoms in total. The van der Waals surface area contributed by atoms with Crippen molar-refractivity contribution in [2.75, 3.05) is 20.1 Å². The minimum atomic E-state index is -0.426. The molecule has 0 amide bonds. The first-order valence-corrected chi connectivity index (χ1v) is 6.05. The number of carbonyl (C=O) groups excluding carboxylic acids is 1. The van der Waals surface area contributed by atoms with Crippen molar-refractivity contribution >= 4 is 5.91 Å². The molecule has 1 N–H and O–H groups in total. The second-order valence-corrected chi connectivity index (χ2v) is 5.06. The second kappa shape index (κ2) is 5.07. The zero-order valence-electron chi connectivity index (χ0n) is 10.6. The van der Waals surface area contributed by atoms with Crippen LogP contribution in [0.1, 0.15) is 23.4 Å². The van der Waals surface area contributed by atoms with Gasteiger partial charge in [-0.2, -0.15) is 0 Å². The number of aryl methyl sites for hydroxylation is 1. The van der Waals surface area contributed by atoms with E-state index >= 15 is 0 Å². The maximum absolute atomic E-state index is 11.8. The first-order valence-electron chi connectivity index (χ1n) is 6.05. The summed E-state index contributed by atoms with van der Waals surface area (Å²) in [7, 11) is 1.82. The quantitative estimate of drug-likeness (QED) is 0.824. The number of aliphatic hydroxyl groups is 1. The van der Waals surface area contributed by atoms with Crippen LogP contribution in [0, 0.1) is 12.8 Å². The number of aromatic nitrogens is 1. The van der Waals surface area contributed by atoms with E-state index in [0.717, 1.165) is 24.1 Å². The van der Waals surface area contributed by atoms with Crippen LogP contribution in [0.15, 0.2) is 15.4 Å². The SMILES string of the molecule is Cc1cc(=O)n(C(=O)CN(C)CC2CC(O)C2)o1. The molecule has 0 spiro atoms. The third kappa shape index (κ3) is 2.88. The maximum Gasteiger partial charge on any atom is 0.290 e. The molecule has 0 aliphatic heterocycles. The fourth-order valence-electron chi connectivity index (χ4n) is 2.27. The van der Waals surface area contributed by atoms with Crippen LogP contribution in [0.25, 0.3) is 0 Å². The number of aliphatic hydroxyl groups excluding tert-OH is 1. The molecule has 1 saturated carbocycles. The molecule has 0 bridgehead atoms. The minimum Gasteiger partial charge on any atom is -0.393 e. The van der Waals surface area contributed by atoms with Crippen molar-refractivity contribution < 1.29 is 14.4 Å². The van der Waals surface area contributed by atoms with E-state index in [0.29, 0.717) is 11.7 Å². The summed E-state index contributed by atoms with van der Waals surface area (Å²) >= 11 is 0. The van der Waals surface area contributed by atoms with Crippen molar-refractivity contribution in [2.24, 2.45) is 5.92 Å². The standard InChI is InChI=1S/C12H18N2O4/c1-8-3-11(16)14(18-8)12(17)7-13(2)6-9-4-10(15)5-9/h3,9-10,15H,4-7H2,1-2H3. The van der Waals surface area contributed by atoms with Crippen LogP contribution >= 0.6 is 0 Å². The normalized spacial score (nSPS) is 23.1. The maximum atomic E-state index is 11.8. The van der Waals surface area contributed by atoms with Crippen molar-refractivity contribution in [3.63, 3.8) is 0 Å². The van der Waals surface area contributed by atoms with Gasteiger partial charge in [0, 0.05) is 12.6 Å². The van der Waals surface area contributed by atoms with Gasteiger partial charge in [0.05, 0.1) is 12.6 Å². The molecule has 1 aliphatic rings. The Morgan fingerprint density at radius 1 is 1.61 bits per heavy atom. The molecule has 0 radical (unpaired) electrons. The van der Waals surface area contributed by atoms with Crippen LogP contribution in [0.4, 0.5) is 0 Å². The third-order valence-electron chi connectivity index (χ3n) is 3.17. The first kappa shape index (κ1) is 13.0. The van der Waals surface area contributed by atoms with Gasteiger partial charge in [-0.05, 0) is 32.7 Å². The lowest BCUT2D eigenvalue weighted by atomic mass is 9.82. The first-order chi connectivity index (χ1) is 8.45. The van der Waals surface area contributed by atoms with Gasteiger partial charge in [-0.3, -0.25) is 14.5 Å². The molecule has 1 aliphatic carbocycles. The number of hydrogen-bond donors (Lipinski definition) is 1. The van der Waals surface area contributed by atoms with E-state index in [-0.39, 0.29) is 18.6 Å². The largest absolute Gasteiger partial charge is 0.393 e. The van der Waals surface area contributed by atoms with Gasteiger partial charge in [-0.25, -0.2) is 0 Å². The lowest BCUT2D eigenvalue weighted by Gasteiger charge is -2.34. The minimum absolute atomic E-state index is 0.138. The Labute approximate surface area is 105 Å². The van der Waals surface area contributed by atoms with E-state index in [1.54, 1.807) is 6.92 Å². The highest BCUT2D eigenvalue weighted by Gasteiger charge is 2.28. The molecule has 100 valence electrons. The summed E-state index contributed by atoms with van der Waals surface area (Å²) in [6.07, 6.45) is 1.39. The number of rotatable bonds is 4. The average molecular weight is 254 g/mol. The summed E-state index contributed by atoms with van der Waals surface area (Å²) < 4.78 is 5.82. The van der Waals surface area contributed by atoms with E-state index in [4.69, 9.17) is 4.52 Å². The van der Waals surface area contributed by atoms with Crippen LogP contribution in [-0.4, -0.2) is 46.9 Å². The highest BCUT2D eigenvalue weighted by molar-refractivity contribution is 5.79. The summed E-state index contributed by atoms with van der Waals surface area (Å²) in [4.78, 5) is 25.1. The highest BCUT2D eigenvalue weighted by atomic mass is 16.5. The van der Waals surface area contributed by atoms with Gasteiger partial charge in [-0.15, -0.1) is 4.74 Å². The predicted octanol–water partition coefficient (Wildman–Crippen LogP) is 0.0926. The van der Waals surface area contributed by atoms with Gasteiger partial charge in [0.15, 0.2) is 0 Å². The lowest BCUT2D eigenvalue weighted by molar-refractivity contribution is 0.0270. The summed E-state index contributed by atoms with van der Waals surface area (Å²) in [5.41, 5.74) is -0.426. The zero-order chi connectivity index (χ0) is 13.3. The summed E-state index contributed by atoms with van der Waals surface area (Å²) in [6.45, 7) is 2.52. The predicted molar refractivity (Wildman–Crippen MR) is 64.6 cm³/mol. The topological polar surface area (TPSA) is 75.7 Å².